The molecule has 7 rings (SSSR count). The number of fused-ring (bicyclic) bond motifs is 4. The molecule has 7 aliphatic rings. The highest BCUT2D eigenvalue weighted by atomic mass is 32.2. The molecule has 1 aliphatic heterocycles. The van der Waals surface area contributed by atoms with Crippen LogP contribution >= 0.6 is 11.8 Å². The highest BCUT2D eigenvalue weighted by Gasteiger charge is 2.51. The minimum absolute atomic E-state index is 0.146. The zero-order chi connectivity index (χ0) is 26.3. The van der Waals surface area contributed by atoms with Crippen LogP contribution in [0.3, 0.4) is 0 Å². The van der Waals surface area contributed by atoms with Crippen molar-refractivity contribution in [1.82, 2.24) is 5.32 Å². The summed E-state index contributed by atoms with van der Waals surface area (Å²) >= 11 is 2.24. The second-order valence-electron chi connectivity index (χ2n) is 14.7. The number of allylic oxidation sites excluding steroid dienone is 4. The van der Waals surface area contributed by atoms with Crippen LogP contribution in [0.1, 0.15) is 96.3 Å². The van der Waals surface area contributed by atoms with Gasteiger partial charge in [-0.05, 0) is 144 Å². The van der Waals surface area contributed by atoms with Gasteiger partial charge >= 0.3 is 0 Å². The summed E-state index contributed by atoms with van der Waals surface area (Å²) in [5.41, 5.74) is 0. The summed E-state index contributed by atoms with van der Waals surface area (Å²) < 4.78 is 0. The van der Waals surface area contributed by atoms with Gasteiger partial charge in [-0.1, -0.05) is 24.3 Å². The molecular weight excluding hydrogens is 494 g/mol. The summed E-state index contributed by atoms with van der Waals surface area (Å²) in [6.07, 6.45) is 30.1. The molecule has 6 aliphatic carbocycles. The standard InChI is InChI=1S/C35H49N3S/c36-20-22-1-3-27-8-9-28(19-29(27)17-22)26-6-4-24(5-7-26)25-10-12-30(13-11-25)38-33-16-15-32-31-14-2-23(21-37)18-34(31)39-35(32)33/h2,4,6,14,22-35,38H,1,3,5,7-13,15-19H2. The van der Waals surface area contributed by atoms with Crippen molar-refractivity contribution in [2.75, 3.05) is 0 Å². The molecule has 0 amide bonds. The highest BCUT2D eigenvalue weighted by molar-refractivity contribution is 8.00. The van der Waals surface area contributed by atoms with E-state index in [1.807, 2.05) is 0 Å². The van der Waals surface area contributed by atoms with Gasteiger partial charge in [0.25, 0.3) is 0 Å². The Labute approximate surface area is 241 Å². The number of hydrogen-bond acceptors (Lipinski definition) is 4. The molecule has 210 valence electrons. The lowest BCUT2D eigenvalue weighted by atomic mass is 9.61. The molecule has 0 bridgehead atoms. The molecule has 0 spiro atoms. The van der Waals surface area contributed by atoms with Gasteiger partial charge in [0.1, 0.15) is 0 Å². The lowest BCUT2D eigenvalue weighted by molar-refractivity contribution is 0.0893. The van der Waals surface area contributed by atoms with Crippen LogP contribution in [0.5, 0.6) is 0 Å². The quantitative estimate of drug-likeness (QED) is 0.364. The third-order valence-electron chi connectivity index (χ3n) is 12.8. The summed E-state index contributed by atoms with van der Waals surface area (Å²) in [6.45, 7) is 0. The van der Waals surface area contributed by atoms with Gasteiger partial charge in [-0.2, -0.15) is 22.3 Å². The van der Waals surface area contributed by atoms with Gasteiger partial charge in [0.2, 0.25) is 0 Å². The van der Waals surface area contributed by atoms with Crippen LogP contribution < -0.4 is 5.32 Å². The van der Waals surface area contributed by atoms with Crippen molar-refractivity contribution < 1.29 is 0 Å². The Balaban J connectivity index is 0.869. The molecule has 1 N–H and O–H groups in total. The summed E-state index contributed by atoms with van der Waals surface area (Å²) in [5.74, 6) is 7.22. The van der Waals surface area contributed by atoms with Crippen LogP contribution in [0.2, 0.25) is 0 Å². The first kappa shape index (κ1) is 26.7. The van der Waals surface area contributed by atoms with Gasteiger partial charge in [-0.15, -0.1) is 0 Å². The van der Waals surface area contributed by atoms with E-state index in [0.717, 1.165) is 71.5 Å². The molecule has 12 unspecified atom stereocenters. The smallest absolute Gasteiger partial charge is 0.0697 e. The Bertz CT molecular complexity index is 1010. The van der Waals surface area contributed by atoms with Crippen LogP contribution in [0.15, 0.2) is 24.3 Å². The van der Waals surface area contributed by atoms with Crippen molar-refractivity contribution in [2.24, 2.45) is 59.2 Å². The molecule has 0 aromatic rings. The molecule has 0 radical (unpaired) electrons. The predicted molar refractivity (Wildman–Crippen MR) is 160 cm³/mol. The van der Waals surface area contributed by atoms with Crippen LogP contribution in [0.25, 0.3) is 0 Å². The van der Waals surface area contributed by atoms with Gasteiger partial charge in [0.05, 0.1) is 18.1 Å². The minimum atomic E-state index is 0.146. The predicted octanol–water partition coefficient (Wildman–Crippen LogP) is 8.05. The normalized spacial score (nSPS) is 50.8. The van der Waals surface area contributed by atoms with E-state index in [2.05, 4.69) is 53.5 Å². The van der Waals surface area contributed by atoms with Crippen LogP contribution in [-0.4, -0.2) is 22.6 Å². The van der Waals surface area contributed by atoms with E-state index < -0.39 is 0 Å². The monoisotopic (exact) mass is 543 g/mol. The van der Waals surface area contributed by atoms with Gasteiger partial charge in [0.15, 0.2) is 0 Å². The lowest BCUT2D eigenvalue weighted by Gasteiger charge is -2.44. The molecule has 1 saturated heterocycles. The number of rotatable bonds is 4. The summed E-state index contributed by atoms with van der Waals surface area (Å²) in [4.78, 5) is 0. The fraction of sp³-hybridized carbons (Fsp3) is 0.829. The molecule has 0 aromatic heterocycles. The van der Waals surface area contributed by atoms with Gasteiger partial charge < -0.3 is 5.32 Å². The average molecular weight is 544 g/mol. The third kappa shape index (κ3) is 5.40. The summed E-state index contributed by atoms with van der Waals surface area (Å²) in [7, 11) is 0. The Morgan fingerprint density at radius 2 is 1.36 bits per heavy atom. The van der Waals surface area contributed by atoms with Crippen molar-refractivity contribution in [2.45, 2.75) is 119 Å². The molecule has 0 aromatic carbocycles. The van der Waals surface area contributed by atoms with E-state index in [9.17, 15) is 10.5 Å². The number of nitrogens with one attached hydrogen (secondary N) is 1. The summed E-state index contributed by atoms with van der Waals surface area (Å²) in [5, 5.41) is 24.5. The van der Waals surface area contributed by atoms with Crippen LogP contribution in [0.4, 0.5) is 0 Å². The van der Waals surface area contributed by atoms with Crippen molar-refractivity contribution >= 4 is 11.8 Å². The molecule has 3 nitrogen and oxygen atoms in total. The molecular formula is C35H49N3S. The van der Waals surface area contributed by atoms with E-state index >= 15 is 0 Å². The maximum atomic E-state index is 9.45. The zero-order valence-electron chi connectivity index (χ0n) is 23.8. The maximum absolute atomic E-state index is 9.45. The number of nitriles is 2. The fourth-order valence-corrected chi connectivity index (χ4v) is 12.7. The Kier molecular flexibility index (Phi) is 7.91. The second kappa shape index (κ2) is 11.6. The van der Waals surface area contributed by atoms with Crippen LogP contribution in [-0.2, 0) is 0 Å². The van der Waals surface area contributed by atoms with Crippen molar-refractivity contribution in [1.29, 1.82) is 10.5 Å². The first-order chi connectivity index (χ1) is 19.2. The van der Waals surface area contributed by atoms with Gasteiger partial charge in [-0.25, -0.2) is 0 Å². The largest absolute Gasteiger partial charge is 0.310 e. The van der Waals surface area contributed by atoms with E-state index in [0.29, 0.717) is 17.2 Å². The zero-order valence-corrected chi connectivity index (χ0v) is 24.6. The number of hydrogen-bond donors (Lipinski definition) is 1. The van der Waals surface area contributed by atoms with Gasteiger partial charge in [-0.3, -0.25) is 0 Å². The highest BCUT2D eigenvalue weighted by Crippen LogP contribution is 2.55. The Hall–Kier alpha value is -1.23. The lowest BCUT2D eigenvalue weighted by Crippen LogP contribution is -2.44. The van der Waals surface area contributed by atoms with E-state index in [1.54, 1.807) is 0 Å². The van der Waals surface area contributed by atoms with Crippen molar-refractivity contribution in [3.63, 3.8) is 0 Å². The molecule has 1 heterocycles. The Morgan fingerprint density at radius 1 is 0.615 bits per heavy atom. The van der Waals surface area contributed by atoms with E-state index in [4.69, 9.17) is 0 Å². The van der Waals surface area contributed by atoms with E-state index in [1.165, 1.54) is 83.5 Å². The first-order valence-electron chi connectivity index (χ1n) is 16.8. The third-order valence-corrected chi connectivity index (χ3v) is 14.7. The first-order valence-corrected chi connectivity index (χ1v) is 17.7. The van der Waals surface area contributed by atoms with E-state index in [-0.39, 0.29) is 5.92 Å². The van der Waals surface area contributed by atoms with Gasteiger partial charge in [0, 0.05) is 28.5 Å². The average Bonchev–Trinajstić information content (AvgIpc) is 3.56. The van der Waals surface area contributed by atoms with Crippen molar-refractivity contribution in [3.05, 3.63) is 24.3 Å². The topological polar surface area (TPSA) is 59.6 Å². The molecule has 5 fully saturated rings. The molecule has 4 saturated carbocycles. The second-order valence-corrected chi connectivity index (χ2v) is 16.1. The number of thioether (sulfide) groups is 1. The summed E-state index contributed by atoms with van der Waals surface area (Å²) in [6, 6.07) is 6.50. The SMILES string of the molecule is N#CC1C=CC2C(C1)SC1C(NC3CCC(C4C=CC(C5CCC6CCC(C#N)CC6C5)CC4)CC3)CCC21. The molecule has 12 atom stereocenters. The number of nitrogens with zero attached hydrogens (tertiary/aromatic N) is 2. The Morgan fingerprint density at radius 3 is 2.13 bits per heavy atom. The maximum Gasteiger partial charge on any atom is 0.0697 e. The molecule has 39 heavy (non-hydrogen) atoms. The van der Waals surface area contributed by atoms with Crippen molar-refractivity contribution in [3.8, 4) is 12.1 Å². The van der Waals surface area contributed by atoms with Crippen LogP contribution in [0, 0.1) is 81.8 Å². The minimum Gasteiger partial charge on any atom is -0.310 e. The molecule has 4 heteroatoms. The fourth-order valence-electron chi connectivity index (χ4n) is 10.6.